The SMILES string of the molecule is CCC1(C(=O)O)CCN(Cc2nn(C)c3ccccc23)C1. The summed E-state index contributed by atoms with van der Waals surface area (Å²) in [5, 5.41) is 15.2. The summed E-state index contributed by atoms with van der Waals surface area (Å²) in [4.78, 5) is 13.7. The number of hydrogen-bond acceptors (Lipinski definition) is 3. The number of carbonyl (C=O) groups is 1. The van der Waals surface area contributed by atoms with Crippen molar-refractivity contribution in [2.75, 3.05) is 13.1 Å². The third-order valence-electron chi connectivity index (χ3n) is 4.77. The Hall–Kier alpha value is -1.88. The first-order valence-corrected chi connectivity index (χ1v) is 7.42. The Balaban J connectivity index is 1.83. The zero-order valence-electron chi connectivity index (χ0n) is 12.5. The van der Waals surface area contributed by atoms with Gasteiger partial charge in [-0.05, 0) is 25.5 Å². The summed E-state index contributed by atoms with van der Waals surface area (Å²) in [5.41, 5.74) is 1.57. The predicted molar refractivity (Wildman–Crippen MR) is 81.0 cm³/mol. The molecule has 0 spiro atoms. The van der Waals surface area contributed by atoms with Gasteiger partial charge in [0.1, 0.15) is 0 Å². The number of carboxylic acids is 1. The summed E-state index contributed by atoms with van der Waals surface area (Å²) < 4.78 is 1.89. The van der Waals surface area contributed by atoms with Gasteiger partial charge in [0.05, 0.1) is 16.6 Å². The number of rotatable bonds is 4. The molecule has 5 heteroatoms. The van der Waals surface area contributed by atoms with Crippen molar-refractivity contribution in [1.29, 1.82) is 0 Å². The zero-order chi connectivity index (χ0) is 15.0. The smallest absolute Gasteiger partial charge is 0.310 e. The molecule has 0 amide bonds. The normalized spacial score (nSPS) is 23.0. The minimum absolute atomic E-state index is 0.579. The van der Waals surface area contributed by atoms with Crippen LogP contribution in [0.15, 0.2) is 24.3 Å². The van der Waals surface area contributed by atoms with E-state index < -0.39 is 11.4 Å². The number of likely N-dealkylation sites (tertiary alicyclic amines) is 1. The summed E-state index contributed by atoms with van der Waals surface area (Å²) >= 11 is 0. The molecule has 1 aromatic carbocycles. The Labute approximate surface area is 124 Å². The maximum atomic E-state index is 11.5. The molecule has 2 aromatic rings. The van der Waals surface area contributed by atoms with E-state index in [2.05, 4.69) is 22.1 Å². The molecular weight excluding hydrogens is 266 g/mol. The van der Waals surface area contributed by atoms with Crippen molar-refractivity contribution in [2.45, 2.75) is 26.3 Å². The molecule has 0 bridgehead atoms. The third-order valence-corrected chi connectivity index (χ3v) is 4.77. The molecule has 1 N–H and O–H groups in total. The van der Waals surface area contributed by atoms with Crippen molar-refractivity contribution >= 4 is 16.9 Å². The number of carboxylic acid groups (broad SMARTS) is 1. The Morgan fingerprint density at radius 3 is 2.86 bits per heavy atom. The molecule has 0 aliphatic carbocycles. The highest BCUT2D eigenvalue weighted by Crippen LogP contribution is 2.35. The average molecular weight is 287 g/mol. The van der Waals surface area contributed by atoms with Crippen LogP contribution in [0.4, 0.5) is 0 Å². The Morgan fingerprint density at radius 1 is 1.43 bits per heavy atom. The fourth-order valence-electron chi connectivity index (χ4n) is 3.32. The molecule has 5 nitrogen and oxygen atoms in total. The number of aliphatic carboxylic acids is 1. The van der Waals surface area contributed by atoms with Crippen LogP contribution in [0.3, 0.4) is 0 Å². The second-order valence-electron chi connectivity index (χ2n) is 5.99. The number of aryl methyl sites for hydroxylation is 1. The van der Waals surface area contributed by atoms with Gasteiger partial charge in [0.2, 0.25) is 0 Å². The van der Waals surface area contributed by atoms with Gasteiger partial charge in [-0.25, -0.2) is 0 Å². The van der Waals surface area contributed by atoms with E-state index in [9.17, 15) is 9.90 Å². The molecule has 1 saturated heterocycles. The van der Waals surface area contributed by atoms with Crippen LogP contribution >= 0.6 is 0 Å². The van der Waals surface area contributed by atoms with Crippen LogP contribution < -0.4 is 0 Å². The zero-order valence-corrected chi connectivity index (χ0v) is 12.5. The van der Waals surface area contributed by atoms with Crippen molar-refractivity contribution < 1.29 is 9.90 Å². The van der Waals surface area contributed by atoms with Crippen LogP contribution in [0.5, 0.6) is 0 Å². The van der Waals surface area contributed by atoms with Crippen molar-refractivity contribution in [3.8, 4) is 0 Å². The number of fused-ring (bicyclic) bond motifs is 1. The van der Waals surface area contributed by atoms with E-state index in [-0.39, 0.29) is 0 Å². The van der Waals surface area contributed by atoms with Crippen molar-refractivity contribution in [3.63, 3.8) is 0 Å². The molecule has 1 unspecified atom stereocenters. The number of para-hydroxylation sites is 1. The van der Waals surface area contributed by atoms with Gasteiger partial charge in [0.15, 0.2) is 0 Å². The third kappa shape index (κ3) is 2.31. The lowest BCUT2D eigenvalue weighted by molar-refractivity contribution is -0.148. The lowest BCUT2D eigenvalue weighted by Gasteiger charge is -2.22. The highest BCUT2D eigenvalue weighted by molar-refractivity contribution is 5.81. The topological polar surface area (TPSA) is 58.4 Å². The van der Waals surface area contributed by atoms with Gasteiger partial charge in [0.25, 0.3) is 0 Å². The molecule has 1 aliphatic rings. The van der Waals surface area contributed by atoms with Gasteiger partial charge in [-0.15, -0.1) is 0 Å². The molecule has 1 aliphatic heterocycles. The standard InChI is InChI=1S/C16H21N3O2/c1-3-16(15(20)21)8-9-19(11-16)10-13-12-6-4-5-7-14(12)18(2)17-13/h4-7H,3,8-11H2,1-2H3,(H,20,21). The average Bonchev–Trinajstić information content (AvgIpc) is 3.03. The van der Waals surface area contributed by atoms with Crippen molar-refractivity contribution in [1.82, 2.24) is 14.7 Å². The second kappa shape index (κ2) is 5.15. The second-order valence-corrected chi connectivity index (χ2v) is 5.99. The van der Waals surface area contributed by atoms with Gasteiger partial charge in [-0.1, -0.05) is 25.1 Å². The molecule has 112 valence electrons. The quantitative estimate of drug-likeness (QED) is 0.937. The molecule has 0 saturated carbocycles. The minimum atomic E-state index is -0.668. The molecule has 0 radical (unpaired) electrons. The largest absolute Gasteiger partial charge is 0.481 e. The van der Waals surface area contributed by atoms with Crippen LogP contribution in [-0.4, -0.2) is 38.8 Å². The first-order valence-electron chi connectivity index (χ1n) is 7.42. The van der Waals surface area contributed by atoms with E-state index in [4.69, 9.17) is 0 Å². The minimum Gasteiger partial charge on any atom is -0.481 e. The maximum absolute atomic E-state index is 11.5. The van der Waals surface area contributed by atoms with Crippen LogP contribution in [0.2, 0.25) is 0 Å². The van der Waals surface area contributed by atoms with Crippen LogP contribution in [0.25, 0.3) is 10.9 Å². The van der Waals surface area contributed by atoms with Gasteiger partial charge in [0, 0.05) is 25.5 Å². The maximum Gasteiger partial charge on any atom is 0.310 e. The number of nitrogens with zero attached hydrogens (tertiary/aromatic N) is 3. The van der Waals surface area contributed by atoms with Crippen LogP contribution in [0.1, 0.15) is 25.5 Å². The van der Waals surface area contributed by atoms with Crippen molar-refractivity contribution in [3.05, 3.63) is 30.0 Å². The van der Waals surface area contributed by atoms with Gasteiger partial charge in [-0.2, -0.15) is 5.10 Å². The first-order chi connectivity index (χ1) is 10.1. The first kappa shape index (κ1) is 14.1. The summed E-state index contributed by atoms with van der Waals surface area (Å²) in [6, 6.07) is 8.17. The Kier molecular flexibility index (Phi) is 3.45. The predicted octanol–water partition coefficient (Wildman–Crippen LogP) is 2.26. The Morgan fingerprint density at radius 2 is 2.19 bits per heavy atom. The highest BCUT2D eigenvalue weighted by atomic mass is 16.4. The van der Waals surface area contributed by atoms with E-state index in [0.29, 0.717) is 13.0 Å². The molecule has 21 heavy (non-hydrogen) atoms. The van der Waals surface area contributed by atoms with E-state index in [1.165, 1.54) is 0 Å². The monoisotopic (exact) mass is 287 g/mol. The summed E-state index contributed by atoms with van der Waals surface area (Å²) in [7, 11) is 1.95. The molecule has 3 rings (SSSR count). The molecular formula is C16H21N3O2. The van der Waals surface area contributed by atoms with E-state index >= 15 is 0 Å². The van der Waals surface area contributed by atoms with Crippen molar-refractivity contribution in [2.24, 2.45) is 12.5 Å². The summed E-state index contributed by atoms with van der Waals surface area (Å²) in [6.45, 7) is 4.12. The van der Waals surface area contributed by atoms with Gasteiger partial charge in [-0.3, -0.25) is 14.4 Å². The number of aromatic nitrogens is 2. The Bertz CT molecular complexity index is 679. The fourth-order valence-corrected chi connectivity index (χ4v) is 3.32. The lowest BCUT2D eigenvalue weighted by atomic mass is 9.84. The number of hydrogen-bond donors (Lipinski definition) is 1. The molecule has 1 aromatic heterocycles. The molecule has 1 fully saturated rings. The van der Waals surface area contributed by atoms with Crippen LogP contribution in [0, 0.1) is 5.41 Å². The molecule has 2 heterocycles. The van der Waals surface area contributed by atoms with E-state index in [0.717, 1.165) is 36.1 Å². The summed E-state index contributed by atoms with van der Waals surface area (Å²) in [6.07, 6.45) is 1.41. The fraction of sp³-hybridized carbons (Fsp3) is 0.500. The van der Waals surface area contributed by atoms with E-state index in [1.54, 1.807) is 0 Å². The van der Waals surface area contributed by atoms with Gasteiger partial charge < -0.3 is 5.11 Å². The van der Waals surface area contributed by atoms with Gasteiger partial charge >= 0.3 is 5.97 Å². The van der Waals surface area contributed by atoms with E-state index in [1.807, 2.05) is 30.8 Å². The molecule has 1 atom stereocenters. The van der Waals surface area contributed by atoms with Crippen LogP contribution in [-0.2, 0) is 18.4 Å². The highest BCUT2D eigenvalue weighted by Gasteiger charge is 2.43. The lowest BCUT2D eigenvalue weighted by Crippen LogP contribution is -2.34. The number of benzene rings is 1. The summed E-state index contributed by atoms with van der Waals surface area (Å²) in [5.74, 6) is -0.668.